The number of rotatable bonds is 5. The molecule has 0 aliphatic carbocycles. The highest BCUT2D eigenvalue weighted by atomic mass is 16.5. The van der Waals surface area contributed by atoms with E-state index in [-0.39, 0.29) is 18.2 Å². The van der Waals surface area contributed by atoms with Gasteiger partial charge in [-0.3, -0.25) is 14.9 Å². The average molecular weight is 417 g/mol. The van der Waals surface area contributed by atoms with Crippen molar-refractivity contribution in [3.8, 4) is 5.75 Å². The number of carbonyl (C=O) groups excluding carboxylic acids is 3. The van der Waals surface area contributed by atoms with Crippen LogP contribution in [-0.2, 0) is 16.9 Å². The Bertz CT molecular complexity index is 1280. The van der Waals surface area contributed by atoms with E-state index in [1.807, 2.05) is 18.2 Å². The first kappa shape index (κ1) is 18.9. The lowest BCUT2D eigenvalue weighted by Gasteiger charge is -2.29. The molecule has 1 unspecified atom stereocenters. The third kappa shape index (κ3) is 2.87. The van der Waals surface area contributed by atoms with Gasteiger partial charge in [-0.25, -0.2) is 4.79 Å². The number of hydrogen-bond donors (Lipinski definition) is 2. The van der Waals surface area contributed by atoms with Gasteiger partial charge in [0.2, 0.25) is 0 Å². The highest BCUT2D eigenvalue weighted by molar-refractivity contribution is 6.08. The molecule has 8 heteroatoms. The summed E-state index contributed by atoms with van der Waals surface area (Å²) >= 11 is 0. The number of carbonyl (C=O) groups is 3. The fourth-order valence-electron chi connectivity index (χ4n) is 4.13. The molecule has 0 radical (unpaired) electrons. The molecule has 1 fully saturated rings. The van der Waals surface area contributed by atoms with Crippen molar-refractivity contribution in [2.45, 2.75) is 12.1 Å². The molecule has 8 nitrogen and oxygen atoms in total. The topological polar surface area (TPSA) is 101 Å². The number of amides is 4. The van der Waals surface area contributed by atoms with Gasteiger partial charge < -0.3 is 19.4 Å². The lowest BCUT2D eigenvalue weighted by molar-refractivity contribution is -0.125. The summed E-state index contributed by atoms with van der Waals surface area (Å²) in [7, 11) is 1.53. The number of nitrogens with one attached hydrogen (secondary N) is 2. The van der Waals surface area contributed by atoms with Gasteiger partial charge in [-0.05, 0) is 41.5 Å². The first-order valence-corrected chi connectivity index (χ1v) is 9.70. The molecule has 1 saturated heterocycles. The van der Waals surface area contributed by atoms with Crippen molar-refractivity contribution >= 4 is 34.9 Å². The molecule has 3 heterocycles. The van der Waals surface area contributed by atoms with Crippen molar-refractivity contribution in [3.05, 3.63) is 71.5 Å². The van der Waals surface area contributed by atoms with Crippen LogP contribution in [0.4, 0.5) is 4.79 Å². The van der Waals surface area contributed by atoms with Gasteiger partial charge in [0.15, 0.2) is 5.54 Å². The highest BCUT2D eigenvalue weighted by Crippen LogP contribution is 2.35. The smallest absolute Gasteiger partial charge is 0.322 e. The van der Waals surface area contributed by atoms with Crippen LogP contribution in [0.5, 0.6) is 5.75 Å². The number of nitrogens with zero attached hydrogens (tertiary/aromatic N) is 1. The van der Waals surface area contributed by atoms with Crippen molar-refractivity contribution in [1.82, 2.24) is 15.5 Å². The van der Waals surface area contributed by atoms with E-state index in [4.69, 9.17) is 9.15 Å². The fourth-order valence-corrected chi connectivity index (χ4v) is 4.13. The maximum Gasteiger partial charge on any atom is 0.322 e. The summed E-state index contributed by atoms with van der Waals surface area (Å²) in [6, 6.07) is 11.9. The van der Waals surface area contributed by atoms with E-state index in [0.717, 1.165) is 16.5 Å². The summed E-state index contributed by atoms with van der Waals surface area (Å²) in [5.74, 6) is 0.0217. The molecule has 1 atom stereocenters. The lowest BCUT2D eigenvalue weighted by atomic mass is 9.95. The second kappa shape index (κ2) is 6.73. The maximum absolute atomic E-state index is 13.1. The first-order valence-electron chi connectivity index (χ1n) is 9.70. The van der Waals surface area contributed by atoms with Gasteiger partial charge >= 0.3 is 6.03 Å². The fraction of sp³-hybridized carbons (Fsp3) is 0.174. The molecule has 1 aromatic heterocycles. The minimum atomic E-state index is -1.54. The predicted molar refractivity (Wildman–Crippen MR) is 112 cm³/mol. The number of urea groups is 1. The first-order chi connectivity index (χ1) is 14.9. The average Bonchev–Trinajstić information content (AvgIpc) is 3.41. The van der Waals surface area contributed by atoms with E-state index >= 15 is 0 Å². The SMILES string of the molecule is C=Cc1ccc2oc(C3(CN4Cc5ccc(OC)cc5C4=O)NC(=O)NC3=O)cc2c1. The number of fused-ring (bicyclic) bond motifs is 2. The summed E-state index contributed by atoms with van der Waals surface area (Å²) in [6.45, 7) is 4.00. The Hall–Kier alpha value is -4.07. The van der Waals surface area contributed by atoms with Crippen LogP contribution in [-0.4, -0.2) is 36.4 Å². The van der Waals surface area contributed by atoms with Crippen LogP contribution >= 0.6 is 0 Å². The second-order valence-corrected chi connectivity index (χ2v) is 7.61. The molecule has 2 aliphatic rings. The molecule has 5 rings (SSSR count). The number of ether oxygens (including phenoxy) is 1. The molecular formula is C23H19N3O5. The maximum atomic E-state index is 13.1. The van der Waals surface area contributed by atoms with Crippen LogP contribution in [0.2, 0.25) is 0 Å². The number of hydrogen-bond acceptors (Lipinski definition) is 5. The van der Waals surface area contributed by atoms with E-state index in [9.17, 15) is 14.4 Å². The van der Waals surface area contributed by atoms with Crippen LogP contribution in [0.15, 0.2) is 53.5 Å². The molecule has 4 amide bonds. The van der Waals surface area contributed by atoms with E-state index in [2.05, 4.69) is 17.2 Å². The number of imide groups is 1. The summed E-state index contributed by atoms with van der Waals surface area (Å²) in [5, 5.41) is 5.73. The summed E-state index contributed by atoms with van der Waals surface area (Å²) < 4.78 is 11.2. The number of methoxy groups -OCH3 is 1. The largest absolute Gasteiger partial charge is 0.497 e. The Balaban J connectivity index is 1.55. The molecular weight excluding hydrogens is 398 g/mol. The Morgan fingerprint density at radius 1 is 1.19 bits per heavy atom. The second-order valence-electron chi connectivity index (χ2n) is 7.61. The zero-order chi connectivity index (χ0) is 21.8. The van der Waals surface area contributed by atoms with E-state index in [1.165, 1.54) is 12.0 Å². The zero-order valence-corrected chi connectivity index (χ0v) is 16.7. The van der Waals surface area contributed by atoms with Crippen LogP contribution in [0.25, 0.3) is 17.0 Å². The van der Waals surface area contributed by atoms with Gasteiger partial charge in [-0.1, -0.05) is 24.8 Å². The minimum absolute atomic E-state index is 0.0749. The summed E-state index contributed by atoms with van der Waals surface area (Å²) in [5.41, 5.74) is 1.26. The third-order valence-electron chi connectivity index (χ3n) is 5.76. The molecule has 2 N–H and O–H groups in total. The number of furan rings is 1. The molecule has 3 aromatic rings. The standard InChI is InChI=1S/C23H19N3O5/c1-3-13-4-7-18-15(8-13)9-19(31-18)23(21(28)24-22(29)25-23)12-26-11-14-5-6-16(30-2)10-17(14)20(26)27/h3-10H,1,11-12H2,2H3,(H2,24,25,28,29). The monoisotopic (exact) mass is 417 g/mol. The van der Waals surface area contributed by atoms with Crippen molar-refractivity contribution in [2.75, 3.05) is 13.7 Å². The van der Waals surface area contributed by atoms with Crippen LogP contribution < -0.4 is 15.4 Å². The third-order valence-corrected chi connectivity index (χ3v) is 5.76. The predicted octanol–water partition coefficient (Wildman–Crippen LogP) is 2.78. The van der Waals surface area contributed by atoms with Gasteiger partial charge in [-0.15, -0.1) is 0 Å². The molecule has 156 valence electrons. The molecule has 0 bridgehead atoms. The summed E-state index contributed by atoms with van der Waals surface area (Å²) in [4.78, 5) is 39.6. The normalized spacial score (nSPS) is 20.0. The van der Waals surface area contributed by atoms with E-state index in [0.29, 0.717) is 23.4 Å². The van der Waals surface area contributed by atoms with Crippen molar-refractivity contribution < 1.29 is 23.5 Å². The molecule has 2 aliphatic heterocycles. The van der Waals surface area contributed by atoms with Gasteiger partial charge in [-0.2, -0.15) is 0 Å². The number of benzene rings is 2. The summed E-state index contributed by atoms with van der Waals surface area (Å²) in [6.07, 6.45) is 1.71. The van der Waals surface area contributed by atoms with Gasteiger partial charge in [0.25, 0.3) is 11.8 Å². The Kier molecular flexibility index (Phi) is 4.11. The quantitative estimate of drug-likeness (QED) is 0.622. The van der Waals surface area contributed by atoms with Gasteiger partial charge in [0, 0.05) is 17.5 Å². The Morgan fingerprint density at radius 2 is 2.03 bits per heavy atom. The van der Waals surface area contributed by atoms with Crippen LogP contribution in [0.3, 0.4) is 0 Å². The van der Waals surface area contributed by atoms with Gasteiger partial charge in [0.05, 0.1) is 13.7 Å². The van der Waals surface area contributed by atoms with Gasteiger partial charge in [0.1, 0.15) is 17.1 Å². The lowest BCUT2D eigenvalue weighted by Crippen LogP contribution is -2.52. The van der Waals surface area contributed by atoms with E-state index in [1.54, 1.807) is 30.3 Å². The molecule has 0 saturated carbocycles. The Morgan fingerprint density at radius 3 is 2.74 bits per heavy atom. The van der Waals surface area contributed by atoms with Crippen molar-refractivity contribution in [3.63, 3.8) is 0 Å². The zero-order valence-electron chi connectivity index (χ0n) is 16.7. The van der Waals surface area contributed by atoms with Crippen LogP contribution in [0, 0.1) is 0 Å². The molecule has 2 aromatic carbocycles. The molecule has 31 heavy (non-hydrogen) atoms. The molecule has 0 spiro atoms. The van der Waals surface area contributed by atoms with Crippen molar-refractivity contribution in [2.24, 2.45) is 0 Å². The van der Waals surface area contributed by atoms with Crippen molar-refractivity contribution in [1.29, 1.82) is 0 Å². The minimum Gasteiger partial charge on any atom is -0.497 e. The highest BCUT2D eigenvalue weighted by Gasteiger charge is 2.53. The van der Waals surface area contributed by atoms with Crippen LogP contribution in [0.1, 0.15) is 27.2 Å². The Labute approximate surface area is 177 Å². The van der Waals surface area contributed by atoms with E-state index < -0.39 is 17.5 Å².